The van der Waals surface area contributed by atoms with Crippen molar-refractivity contribution in [3.63, 3.8) is 0 Å². The minimum atomic E-state index is -4.60. The average Bonchev–Trinajstić information content (AvgIpc) is 3.02. The second-order valence-electron chi connectivity index (χ2n) is 5.60. The molecule has 1 fully saturated rings. The number of carbonyl (C=O) groups is 1. The van der Waals surface area contributed by atoms with Crippen LogP contribution in [0.1, 0.15) is 24.1 Å². The van der Waals surface area contributed by atoms with Gasteiger partial charge in [-0.2, -0.15) is 31.4 Å². The lowest BCUT2D eigenvalue weighted by Crippen LogP contribution is -2.45. The molecule has 1 saturated heterocycles. The molecule has 5 nitrogen and oxygen atoms in total. The molecule has 1 N–H and O–H groups in total. The Morgan fingerprint density at radius 1 is 1.33 bits per heavy atom. The van der Waals surface area contributed by atoms with Gasteiger partial charge in [0.25, 0.3) is 0 Å². The SMILES string of the molecule is Cn1ncc(CN2CCC[C@H]2C(=O)NCC(F)(F)F)c1C(F)(F)F. The molecular formula is C13H16F6N4O. The van der Waals surface area contributed by atoms with Crippen LogP contribution in [0, 0.1) is 0 Å². The topological polar surface area (TPSA) is 50.2 Å². The van der Waals surface area contributed by atoms with E-state index in [1.54, 1.807) is 5.32 Å². The summed E-state index contributed by atoms with van der Waals surface area (Å²) in [5.74, 6) is -0.831. The van der Waals surface area contributed by atoms with Crippen LogP contribution in [0.2, 0.25) is 0 Å². The first-order valence-electron chi connectivity index (χ1n) is 7.15. The summed E-state index contributed by atoms with van der Waals surface area (Å²) in [6.07, 6.45) is -7.26. The van der Waals surface area contributed by atoms with E-state index in [1.165, 1.54) is 4.90 Å². The molecule has 0 radical (unpaired) electrons. The molecule has 2 heterocycles. The van der Waals surface area contributed by atoms with Crippen LogP contribution in [0.5, 0.6) is 0 Å². The molecule has 0 aromatic carbocycles. The lowest BCUT2D eigenvalue weighted by molar-refractivity contribution is -0.144. The smallest absolute Gasteiger partial charge is 0.346 e. The van der Waals surface area contributed by atoms with Crippen LogP contribution in [0.25, 0.3) is 0 Å². The molecular weight excluding hydrogens is 342 g/mol. The summed E-state index contributed by atoms with van der Waals surface area (Å²) in [6.45, 7) is -1.33. The first-order chi connectivity index (χ1) is 11.0. The highest BCUT2D eigenvalue weighted by Crippen LogP contribution is 2.33. The predicted molar refractivity (Wildman–Crippen MR) is 70.7 cm³/mol. The highest BCUT2D eigenvalue weighted by molar-refractivity contribution is 5.82. The molecule has 1 aromatic rings. The van der Waals surface area contributed by atoms with E-state index in [-0.39, 0.29) is 12.1 Å². The lowest BCUT2D eigenvalue weighted by atomic mass is 10.1. The first-order valence-corrected chi connectivity index (χ1v) is 7.15. The number of aromatic nitrogens is 2. The molecule has 136 valence electrons. The third-order valence-electron chi connectivity index (χ3n) is 3.79. The van der Waals surface area contributed by atoms with Gasteiger partial charge in [-0.05, 0) is 19.4 Å². The number of rotatable bonds is 4. The number of carbonyl (C=O) groups excluding carboxylic acids is 1. The largest absolute Gasteiger partial charge is 0.433 e. The van der Waals surface area contributed by atoms with Gasteiger partial charge in [0.15, 0.2) is 0 Å². The molecule has 2 rings (SSSR count). The Bertz CT molecular complexity index is 594. The van der Waals surface area contributed by atoms with Crippen LogP contribution in [0.3, 0.4) is 0 Å². The monoisotopic (exact) mass is 358 g/mol. The molecule has 1 atom stereocenters. The van der Waals surface area contributed by atoms with Gasteiger partial charge in [0.2, 0.25) is 5.91 Å². The molecule has 0 unspecified atom stereocenters. The summed E-state index contributed by atoms with van der Waals surface area (Å²) in [5, 5.41) is 5.37. The predicted octanol–water partition coefficient (Wildman–Crippen LogP) is 2.08. The lowest BCUT2D eigenvalue weighted by Gasteiger charge is -2.24. The van der Waals surface area contributed by atoms with Crippen molar-refractivity contribution in [3.8, 4) is 0 Å². The van der Waals surface area contributed by atoms with E-state index >= 15 is 0 Å². The van der Waals surface area contributed by atoms with Crippen molar-refractivity contribution in [1.82, 2.24) is 20.0 Å². The molecule has 0 bridgehead atoms. The molecule has 0 aliphatic carbocycles. The van der Waals surface area contributed by atoms with Gasteiger partial charge in [-0.15, -0.1) is 0 Å². The summed E-state index contributed by atoms with van der Waals surface area (Å²) < 4.78 is 76.3. The zero-order valence-electron chi connectivity index (χ0n) is 12.7. The maximum atomic E-state index is 13.0. The van der Waals surface area contributed by atoms with Gasteiger partial charge >= 0.3 is 12.4 Å². The second kappa shape index (κ2) is 6.61. The number of hydrogen-bond acceptors (Lipinski definition) is 3. The van der Waals surface area contributed by atoms with E-state index in [1.807, 2.05) is 0 Å². The van der Waals surface area contributed by atoms with Crippen molar-refractivity contribution < 1.29 is 31.1 Å². The number of amides is 1. The van der Waals surface area contributed by atoms with Crippen LogP contribution in [-0.2, 0) is 24.6 Å². The molecule has 24 heavy (non-hydrogen) atoms. The Balaban J connectivity index is 2.08. The molecule has 1 amide bonds. The van der Waals surface area contributed by atoms with Gasteiger partial charge in [-0.1, -0.05) is 0 Å². The van der Waals surface area contributed by atoms with Gasteiger partial charge < -0.3 is 5.32 Å². The summed E-state index contributed by atoms with van der Waals surface area (Å²) in [4.78, 5) is 13.3. The molecule has 0 saturated carbocycles. The molecule has 1 aliphatic heterocycles. The minimum absolute atomic E-state index is 0.111. The molecule has 1 aliphatic rings. The van der Waals surface area contributed by atoms with E-state index in [2.05, 4.69) is 5.10 Å². The summed E-state index contributed by atoms with van der Waals surface area (Å²) >= 11 is 0. The fourth-order valence-corrected chi connectivity index (χ4v) is 2.80. The Kier molecular flexibility index (Phi) is 5.11. The van der Waals surface area contributed by atoms with Crippen LogP contribution in [-0.4, -0.2) is 45.9 Å². The third kappa shape index (κ3) is 4.40. The van der Waals surface area contributed by atoms with E-state index in [0.717, 1.165) is 13.2 Å². The number of nitrogens with zero attached hydrogens (tertiary/aromatic N) is 3. The fourth-order valence-electron chi connectivity index (χ4n) is 2.80. The number of alkyl halides is 6. The summed E-state index contributed by atoms with van der Waals surface area (Å²) in [5.41, 5.74) is -1.04. The average molecular weight is 358 g/mol. The van der Waals surface area contributed by atoms with Crippen molar-refractivity contribution in [2.45, 2.75) is 37.8 Å². The third-order valence-corrected chi connectivity index (χ3v) is 3.79. The van der Waals surface area contributed by atoms with Crippen LogP contribution in [0.4, 0.5) is 26.3 Å². The van der Waals surface area contributed by atoms with Crippen LogP contribution < -0.4 is 5.32 Å². The van der Waals surface area contributed by atoms with E-state index in [9.17, 15) is 31.1 Å². The number of hydrogen-bond donors (Lipinski definition) is 1. The normalized spacial score (nSPS) is 19.7. The first kappa shape index (κ1) is 18.6. The van der Waals surface area contributed by atoms with Crippen molar-refractivity contribution >= 4 is 5.91 Å². The van der Waals surface area contributed by atoms with Gasteiger partial charge in [-0.3, -0.25) is 14.4 Å². The Morgan fingerprint density at radius 3 is 2.58 bits per heavy atom. The zero-order chi connectivity index (χ0) is 18.1. The molecule has 0 spiro atoms. The molecule has 11 heteroatoms. The quantitative estimate of drug-likeness (QED) is 0.839. The van der Waals surface area contributed by atoms with Gasteiger partial charge in [-0.25, -0.2) is 0 Å². The Hall–Kier alpha value is -1.78. The Morgan fingerprint density at radius 2 is 2.00 bits per heavy atom. The van der Waals surface area contributed by atoms with Crippen LogP contribution >= 0.6 is 0 Å². The number of aryl methyl sites for hydroxylation is 1. The maximum absolute atomic E-state index is 13.0. The van der Waals surface area contributed by atoms with Crippen molar-refractivity contribution in [3.05, 3.63) is 17.5 Å². The highest BCUT2D eigenvalue weighted by Gasteiger charge is 2.39. The second-order valence-corrected chi connectivity index (χ2v) is 5.60. The standard InChI is InChI=1S/C13H16F6N4O/c1-22-10(13(17,18)19)8(5-21-22)6-23-4-2-3-9(23)11(24)20-7-12(14,15)16/h5,9H,2-4,6-7H2,1H3,(H,20,24)/t9-/m0/s1. The summed E-state index contributed by atoms with van der Waals surface area (Å²) in [7, 11) is 1.16. The van der Waals surface area contributed by atoms with Crippen molar-refractivity contribution in [2.75, 3.05) is 13.1 Å². The number of halogens is 6. The van der Waals surface area contributed by atoms with Crippen molar-refractivity contribution in [1.29, 1.82) is 0 Å². The summed E-state index contributed by atoms with van der Waals surface area (Å²) in [6, 6.07) is -0.881. The van der Waals surface area contributed by atoms with E-state index < -0.39 is 36.5 Å². The number of likely N-dealkylation sites (tertiary alicyclic amines) is 1. The minimum Gasteiger partial charge on any atom is -0.346 e. The zero-order valence-corrected chi connectivity index (χ0v) is 12.7. The van der Waals surface area contributed by atoms with Gasteiger partial charge in [0, 0.05) is 19.2 Å². The van der Waals surface area contributed by atoms with Crippen molar-refractivity contribution in [2.24, 2.45) is 7.05 Å². The maximum Gasteiger partial charge on any atom is 0.433 e. The van der Waals surface area contributed by atoms with E-state index in [4.69, 9.17) is 0 Å². The molecule has 1 aromatic heterocycles. The number of nitrogens with one attached hydrogen (secondary N) is 1. The highest BCUT2D eigenvalue weighted by atomic mass is 19.4. The Labute approximate surface area is 133 Å². The van der Waals surface area contributed by atoms with Gasteiger partial charge in [0.05, 0.1) is 12.2 Å². The van der Waals surface area contributed by atoms with Gasteiger partial charge in [0.1, 0.15) is 12.2 Å². The van der Waals surface area contributed by atoms with E-state index in [0.29, 0.717) is 24.1 Å². The van der Waals surface area contributed by atoms with Crippen LogP contribution in [0.15, 0.2) is 6.20 Å². The fraction of sp³-hybridized carbons (Fsp3) is 0.692.